The summed E-state index contributed by atoms with van der Waals surface area (Å²) in [6, 6.07) is 11.7. The summed E-state index contributed by atoms with van der Waals surface area (Å²) in [6.45, 7) is 5.73. The van der Waals surface area contributed by atoms with Gasteiger partial charge in [-0.3, -0.25) is 4.79 Å². The molecule has 0 aliphatic carbocycles. The number of ketones is 1. The fourth-order valence-electron chi connectivity index (χ4n) is 1.72. The van der Waals surface area contributed by atoms with Crippen LogP contribution in [0, 0.1) is 12.8 Å². The lowest BCUT2D eigenvalue weighted by Gasteiger charge is -2.03. The van der Waals surface area contributed by atoms with Gasteiger partial charge in [0.15, 0.2) is 5.78 Å². The van der Waals surface area contributed by atoms with Gasteiger partial charge in [0.1, 0.15) is 5.69 Å². The summed E-state index contributed by atoms with van der Waals surface area (Å²) in [5.41, 5.74) is 2.49. The van der Waals surface area contributed by atoms with E-state index in [2.05, 4.69) is 5.10 Å². The van der Waals surface area contributed by atoms with E-state index < -0.39 is 0 Å². The number of benzene rings is 1. The van der Waals surface area contributed by atoms with Crippen molar-refractivity contribution in [2.75, 3.05) is 0 Å². The van der Waals surface area contributed by atoms with Crippen molar-refractivity contribution < 1.29 is 4.79 Å². The monoisotopic (exact) mass is 228 g/mol. The van der Waals surface area contributed by atoms with Gasteiger partial charge in [-0.2, -0.15) is 5.10 Å². The predicted molar refractivity (Wildman–Crippen MR) is 67.5 cm³/mol. The van der Waals surface area contributed by atoms with Gasteiger partial charge in [-0.15, -0.1) is 0 Å². The van der Waals surface area contributed by atoms with Crippen LogP contribution in [0.1, 0.15) is 30.0 Å². The number of carbonyl (C=O) groups is 1. The van der Waals surface area contributed by atoms with Crippen molar-refractivity contribution in [3.05, 3.63) is 47.8 Å². The lowest BCUT2D eigenvalue weighted by atomic mass is 10.1. The molecule has 0 aliphatic rings. The Labute approximate surface area is 101 Å². The van der Waals surface area contributed by atoms with Crippen LogP contribution in [0.3, 0.4) is 0 Å². The fraction of sp³-hybridized carbons (Fsp3) is 0.286. The molecule has 2 rings (SSSR count). The van der Waals surface area contributed by atoms with Gasteiger partial charge in [0, 0.05) is 11.6 Å². The Morgan fingerprint density at radius 2 is 1.88 bits per heavy atom. The molecule has 0 N–H and O–H groups in total. The lowest BCUT2D eigenvalue weighted by molar-refractivity contribution is 0.0934. The van der Waals surface area contributed by atoms with Crippen LogP contribution in [0.4, 0.5) is 0 Å². The number of rotatable bonds is 3. The Hall–Kier alpha value is -1.90. The third kappa shape index (κ3) is 2.28. The maximum atomic E-state index is 11.9. The molecule has 2 aromatic rings. The van der Waals surface area contributed by atoms with Crippen molar-refractivity contribution in [2.24, 2.45) is 5.92 Å². The second kappa shape index (κ2) is 4.53. The highest BCUT2D eigenvalue weighted by molar-refractivity contribution is 5.95. The summed E-state index contributed by atoms with van der Waals surface area (Å²) < 4.78 is 1.80. The maximum Gasteiger partial charge on any atom is 0.185 e. The third-order valence-electron chi connectivity index (χ3n) is 2.67. The first-order chi connectivity index (χ1) is 8.09. The Morgan fingerprint density at radius 3 is 2.47 bits per heavy atom. The minimum atomic E-state index is -0.0199. The molecule has 0 radical (unpaired) electrons. The second-order valence-corrected chi connectivity index (χ2v) is 4.44. The minimum Gasteiger partial charge on any atom is -0.292 e. The Kier molecular flexibility index (Phi) is 3.09. The van der Waals surface area contributed by atoms with Crippen molar-refractivity contribution in [1.29, 1.82) is 0 Å². The second-order valence-electron chi connectivity index (χ2n) is 4.44. The highest BCUT2D eigenvalue weighted by Gasteiger charge is 2.15. The van der Waals surface area contributed by atoms with Crippen LogP contribution in [0.5, 0.6) is 0 Å². The SMILES string of the molecule is Cc1cc(C(=O)C(C)C)nn1-c1ccccc1. The molecule has 1 heterocycles. The molecule has 0 bridgehead atoms. The van der Waals surface area contributed by atoms with E-state index in [4.69, 9.17) is 0 Å². The first-order valence-corrected chi connectivity index (χ1v) is 5.76. The summed E-state index contributed by atoms with van der Waals surface area (Å²) in [7, 11) is 0. The quantitative estimate of drug-likeness (QED) is 0.757. The lowest BCUT2D eigenvalue weighted by Crippen LogP contribution is -2.09. The molecule has 1 aromatic heterocycles. The molecule has 0 fully saturated rings. The van der Waals surface area contributed by atoms with E-state index in [0.29, 0.717) is 5.69 Å². The average molecular weight is 228 g/mol. The van der Waals surface area contributed by atoms with E-state index in [9.17, 15) is 4.79 Å². The number of Topliss-reactive ketones (excluding diaryl/α,β-unsaturated/α-hetero) is 1. The Morgan fingerprint density at radius 1 is 1.24 bits per heavy atom. The zero-order valence-electron chi connectivity index (χ0n) is 10.3. The first-order valence-electron chi connectivity index (χ1n) is 5.76. The summed E-state index contributed by atoms with van der Waals surface area (Å²) in [4.78, 5) is 11.9. The molecule has 0 saturated carbocycles. The Balaban J connectivity index is 2.42. The number of para-hydroxylation sites is 1. The molecule has 0 spiro atoms. The van der Waals surface area contributed by atoms with Crippen molar-refractivity contribution >= 4 is 5.78 Å². The average Bonchev–Trinajstić information content (AvgIpc) is 2.71. The number of carbonyl (C=O) groups excluding carboxylic acids is 1. The van der Waals surface area contributed by atoms with Gasteiger partial charge in [0.2, 0.25) is 0 Å². The van der Waals surface area contributed by atoms with Gasteiger partial charge in [-0.25, -0.2) is 4.68 Å². The molecule has 3 heteroatoms. The minimum absolute atomic E-state index is 0.0199. The highest BCUT2D eigenvalue weighted by Crippen LogP contribution is 2.14. The van der Waals surface area contributed by atoms with Crippen molar-refractivity contribution in [3.8, 4) is 5.69 Å². The van der Waals surface area contributed by atoms with Crippen LogP contribution in [0.15, 0.2) is 36.4 Å². The van der Waals surface area contributed by atoms with Crippen molar-refractivity contribution in [1.82, 2.24) is 9.78 Å². The zero-order valence-corrected chi connectivity index (χ0v) is 10.3. The van der Waals surface area contributed by atoms with Crippen molar-refractivity contribution in [2.45, 2.75) is 20.8 Å². The van der Waals surface area contributed by atoms with Gasteiger partial charge in [-0.05, 0) is 25.1 Å². The number of aryl methyl sites for hydroxylation is 1. The molecule has 0 amide bonds. The van der Waals surface area contributed by atoms with Gasteiger partial charge >= 0.3 is 0 Å². The van der Waals surface area contributed by atoms with E-state index in [1.54, 1.807) is 4.68 Å². The topological polar surface area (TPSA) is 34.9 Å². The molecule has 88 valence electrons. The van der Waals surface area contributed by atoms with Gasteiger partial charge < -0.3 is 0 Å². The summed E-state index contributed by atoms with van der Waals surface area (Å²) in [5, 5.41) is 4.37. The summed E-state index contributed by atoms with van der Waals surface area (Å²) in [5.74, 6) is 0.0660. The summed E-state index contributed by atoms with van der Waals surface area (Å²) in [6.07, 6.45) is 0. The fourth-order valence-corrected chi connectivity index (χ4v) is 1.72. The largest absolute Gasteiger partial charge is 0.292 e. The van der Waals surface area contributed by atoms with E-state index in [0.717, 1.165) is 11.4 Å². The molecule has 1 aromatic carbocycles. The highest BCUT2D eigenvalue weighted by atomic mass is 16.1. The standard InChI is InChI=1S/C14H16N2O/c1-10(2)14(17)13-9-11(3)16(15-13)12-7-5-4-6-8-12/h4-10H,1-3H3. The number of hydrogen-bond acceptors (Lipinski definition) is 2. The molecular weight excluding hydrogens is 212 g/mol. The zero-order chi connectivity index (χ0) is 12.4. The molecule has 0 unspecified atom stereocenters. The molecular formula is C14H16N2O. The van der Waals surface area contributed by atoms with Gasteiger partial charge in [0.25, 0.3) is 0 Å². The smallest absolute Gasteiger partial charge is 0.185 e. The maximum absolute atomic E-state index is 11.9. The number of nitrogens with zero attached hydrogens (tertiary/aromatic N) is 2. The van der Waals surface area contributed by atoms with Crippen LogP contribution in [-0.2, 0) is 0 Å². The van der Waals surface area contributed by atoms with Gasteiger partial charge in [0.05, 0.1) is 5.69 Å². The molecule has 0 aliphatic heterocycles. The van der Waals surface area contributed by atoms with Crippen LogP contribution < -0.4 is 0 Å². The third-order valence-corrected chi connectivity index (χ3v) is 2.67. The van der Waals surface area contributed by atoms with E-state index in [1.165, 1.54) is 0 Å². The van der Waals surface area contributed by atoms with Crippen LogP contribution in [0.25, 0.3) is 5.69 Å². The Bertz CT molecular complexity index is 526. The summed E-state index contributed by atoms with van der Waals surface area (Å²) >= 11 is 0. The molecule has 17 heavy (non-hydrogen) atoms. The molecule has 0 atom stereocenters. The van der Waals surface area contributed by atoms with Crippen LogP contribution in [0.2, 0.25) is 0 Å². The van der Waals surface area contributed by atoms with E-state index >= 15 is 0 Å². The predicted octanol–water partition coefficient (Wildman–Crippen LogP) is 3.02. The van der Waals surface area contributed by atoms with Crippen LogP contribution >= 0.6 is 0 Å². The molecule has 3 nitrogen and oxygen atoms in total. The number of hydrogen-bond donors (Lipinski definition) is 0. The number of aromatic nitrogens is 2. The van der Waals surface area contributed by atoms with Gasteiger partial charge in [-0.1, -0.05) is 32.0 Å². The van der Waals surface area contributed by atoms with E-state index in [-0.39, 0.29) is 11.7 Å². The van der Waals surface area contributed by atoms with Crippen molar-refractivity contribution in [3.63, 3.8) is 0 Å². The van der Waals surface area contributed by atoms with Crippen LogP contribution in [-0.4, -0.2) is 15.6 Å². The first kappa shape index (κ1) is 11.6. The normalized spacial score (nSPS) is 10.8. The molecule has 0 saturated heterocycles. The van der Waals surface area contributed by atoms with E-state index in [1.807, 2.05) is 57.2 Å².